The first-order valence-electron chi connectivity index (χ1n) is 9.88. The molecule has 29 heavy (non-hydrogen) atoms. The summed E-state index contributed by atoms with van der Waals surface area (Å²) >= 11 is 0. The van der Waals surface area contributed by atoms with Crippen LogP contribution in [0.4, 0.5) is 11.4 Å². The van der Waals surface area contributed by atoms with Gasteiger partial charge >= 0.3 is 0 Å². The first kappa shape index (κ1) is 21.1. The molecule has 2 aromatic carbocycles. The third kappa shape index (κ3) is 4.70. The highest BCUT2D eigenvalue weighted by Crippen LogP contribution is 2.26. The Balaban J connectivity index is 1.79. The maximum absolute atomic E-state index is 12.9. The molecule has 0 unspecified atom stereocenters. The smallest absolute Gasteiger partial charge is 0.251 e. The van der Waals surface area contributed by atoms with Crippen molar-refractivity contribution < 1.29 is 13.2 Å². The van der Waals surface area contributed by atoms with E-state index >= 15 is 0 Å². The number of hydrogen-bond donors (Lipinski definition) is 0. The molecule has 0 atom stereocenters. The van der Waals surface area contributed by atoms with Gasteiger partial charge in [-0.2, -0.15) is 0 Å². The van der Waals surface area contributed by atoms with Gasteiger partial charge in [-0.15, -0.1) is 0 Å². The van der Waals surface area contributed by atoms with Gasteiger partial charge in [-0.05, 0) is 75.1 Å². The van der Waals surface area contributed by atoms with Gasteiger partial charge in [-0.25, -0.2) is 8.42 Å². The first-order valence-corrected chi connectivity index (χ1v) is 11.5. The van der Waals surface area contributed by atoms with Gasteiger partial charge in [0.25, 0.3) is 5.91 Å². The number of sulfonamides is 1. The molecule has 154 valence electrons. The minimum absolute atomic E-state index is 0.0235. The highest BCUT2D eigenvalue weighted by molar-refractivity contribution is 7.93. The van der Waals surface area contributed by atoms with Crippen LogP contribution in [0.15, 0.2) is 48.5 Å². The molecular formula is C23H28N2O3S. The molecule has 0 spiro atoms. The fraction of sp³-hybridized carbons (Fsp3) is 0.348. The number of aryl methyl sites for hydroxylation is 2. The average Bonchev–Trinajstić information content (AvgIpc) is 3.02. The van der Waals surface area contributed by atoms with E-state index in [2.05, 4.69) is 0 Å². The van der Waals surface area contributed by atoms with Crippen LogP contribution in [-0.2, 0) is 14.8 Å². The molecule has 3 rings (SSSR count). The molecule has 1 fully saturated rings. The predicted molar refractivity (Wildman–Crippen MR) is 120 cm³/mol. The molecule has 1 aliphatic heterocycles. The van der Waals surface area contributed by atoms with Crippen molar-refractivity contribution in [3.05, 3.63) is 65.2 Å². The third-order valence-corrected chi connectivity index (χ3v) is 6.95. The largest absolute Gasteiger partial charge is 0.306 e. The molecule has 0 saturated carbocycles. The molecule has 6 heteroatoms. The first-order chi connectivity index (χ1) is 13.7. The van der Waals surface area contributed by atoms with Crippen molar-refractivity contribution in [2.75, 3.05) is 21.5 Å². The molecule has 0 aliphatic carbocycles. The van der Waals surface area contributed by atoms with E-state index < -0.39 is 10.0 Å². The maximum atomic E-state index is 12.9. The zero-order valence-electron chi connectivity index (χ0n) is 17.4. The lowest BCUT2D eigenvalue weighted by Crippen LogP contribution is -2.36. The Bertz CT molecular complexity index is 1020. The summed E-state index contributed by atoms with van der Waals surface area (Å²) in [7, 11) is -3.18. The molecule has 0 bridgehead atoms. The summed E-state index contributed by atoms with van der Waals surface area (Å²) < 4.78 is 25.5. The number of benzene rings is 2. The average molecular weight is 413 g/mol. The lowest BCUT2D eigenvalue weighted by Gasteiger charge is -2.27. The summed E-state index contributed by atoms with van der Waals surface area (Å²) in [5, 5.41) is 0. The van der Waals surface area contributed by atoms with E-state index in [1.807, 2.05) is 58.0 Å². The van der Waals surface area contributed by atoms with Crippen molar-refractivity contribution in [2.45, 2.75) is 40.2 Å². The second-order valence-electron chi connectivity index (χ2n) is 7.76. The van der Waals surface area contributed by atoms with E-state index in [9.17, 15) is 13.2 Å². The number of carbonyl (C=O) groups excluding carboxylic acids is 1. The van der Waals surface area contributed by atoms with Gasteiger partial charge < -0.3 is 4.90 Å². The van der Waals surface area contributed by atoms with Crippen LogP contribution in [0.25, 0.3) is 6.08 Å². The molecule has 1 amide bonds. The summed E-state index contributed by atoms with van der Waals surface area (Å²) in [6.07, 6.45) is 4.00. The Hall–Kier alpha value is -2.60. The zero-order chi connectivity index (χ0) is 21.2. The zero-order valence-corrected chi connectivity index (χ0v) is 18.2. The summed E-state index contributed by atoms with van der Waals surface area (Å²) in [5.74, 6) is 0.118. The Kier molecular flexibility index (Phi) is 6.13. The van der Waals surface area contributed by atoms with Crippen LogP contribution in [-0.4, -0.2) is 32.7 Å². The van der Waals surface area contributed by atoms with E-state index in [1.54, 1.807) is 29.2 Å². The number of carbonyl (C=O) groups is 1. The molecule has 0 radical (unpaired) electrons. The summed E-state index contributed by atoms with van der Waals surface area (Å²) in [4.78, 5) is 14.7. The fourth-order valence-corrected chi connectivity index (χ4v) is 5.12. The summed E-state index contributed by atoms with van der Waals surface area (Å²) in [6.45, 7) is 8.54. The maximum Gasteiger partial charge on any atom is 0.251 e. The predicted octanol–water partition coefficient (Wildman–Crippen LogP) is 4.30. The van der Waals surface area contributed by atoms with Gasteiger partial charge in [-0.3, -0.25) is 9.10 Å². The quantitative estimate of drug-likeness (QED) is 0.688. The van der Waals surface area contributed by atoms with E-state index in [0.717, 1.165) is 22.4 Å². The minimum atomic E-state index is -3.18. The van der Waals surface area contributed by atoms with E-state index in [0.29, 0.717) is 18.7 Å². The standard InChI is InChI=1S/C23H28N2O3S/c1-17(2)25(22-16-18(3)6-7-19(22)4)23(26)13-10-20-8-11-21(12-9-20)24-14-5-15-29(24,27)28/h6-13,16-17H,5,14-15H2,1-4H3/b13-10+. The van der Waals surface area contributed by atoms with Crippen molar-refractivity contribution in [1.29, 1.82) is 0 Å². The SMILES string of the molecule is Cc1ccc(C)c(N(C(=O)/C=C/c2ccc(N3CCCS3(=O)=O)cc2)C(C)C)c1. The van der Waals surface area contributed by atoms with Gasteiger partial charge in [0.15, 0.2) is 0 Å². The number of anilines is 2. The fourth-order valence-electron chi connectivity index (χ4n) is 3.56. The number of rotatable bonds is 5. The second kappa shape index (κ2) is 8.41. The van der Waals surface area contributed by atoms with Crippen LogP contribution in [0.5, 0.6) is 0 Å². The van der Waals surface area contributed by atoms with Crippen LogP contribution >= 0.6 is 0 Å². The molecule has 1 heterocycles. The summed E-state index contributed by atoms with van der Waals surface area (Å²) in [6, 6.07) is 13.4. The Morgan fingerprint density at radius 3 is 2.38 bits per heavy atom. The van der Waals surface area contributed by atoms with Gasteiger partial charge in [0.2, 0.25) is 10.0 Å². The van der Waals surface area contributed by atoms with Gasteiger partial charge in [-0.1, -0.05) is 24.3 Å². The van der Waals surface area contributed by atoms with Gasteiger partial charge in [0.1, 0.15) is 0 Å². The number of hydrogen-bond acceptors (Lipinski definition) is 3. The molecule has 0 N–H and O–H groups in total. The van der Waals surface area contributed by atoms with E-state index in [-0.39, 0.29) is 17.7 Å². The van der Waals surface area contributed by atoms with Crippen molar-refractivity contribution >= 4 is 33.4 Å². The van der Waals surface area contributed by atoms with Crippen LogP contribution < -0.4 is 9.21 Å². The van der Waals surface area contributed by atoms with Crippen LogP contribution in [0, 0.1) is 13.8 Å². The lowest BCUT2D eigenvalue weighted by atomic mass is 10.1. The Labute approximate surface area is 173 Å². The Morgan fingerprint density at radius 2 is 1.79 bits per heavy atom. The minimum Gasteiger partial charge on any atom is -0.306 e. The molecule has 5 nitrogen and oxygen atoms in total. The molecular weight excluding hydrogens is 384 g/mol. The monoisotopic (exact) mass is 412 g/mol. The van der Waals surface area contributed by atoms with E-state index in [1.165, 1.54) is 4.31 Å². The third-order valence-electron chi connectivity index (χ3n) is 5.08. The van der Waals surface area contributed by atoms with Crippen molar-refractivity contribution in [1.82, 2.24) is 0 Å². The van der Waals surface area contributed by atoms with Gasteiger partial charge in [0, 0.05) is 24.4 Å². The van der Waals surface area contributed by atoms with Gasteiger partial charge in [0.05, 0.1) is 11.4 Å². The molecule has 1 saturated heterocycles. The molecule has 2 aromatic rings. The summed E-state index contributed by atoms with van der Waals surface area (Å²) in [5.41, 5.74) is 4.61. The molecule has 0 aromatic heterocycles. The van der Waals surface area contributed by atoms with Crippen LogP contribution in [0.3, 0.4) is 0 Å². The van der Waals surface area contributed by atoms with E-state index in [4.69, 9.17) is 0 Å². The normalized spacial score (nSPS) is 16.0. The van der Waals surface area contributed by atoms with Crippen LogP contribution in [0.2, 0.25) is 0 Å². The lowest BCUT2D eigenvalue weighted by molar-refractivity contribution is -0.114. The number of amides is 1. The highest BCUT2D eigenvalue weighted by atomic mass is 32.2. The highest BCUT2D eigenvalue weighted by Gasteiger charge is 2.28. The number of nitrogens with zero attached hydrogens (tertiary/aromatic N) is 2. The van der Waals surface area contributed by atoms with Crippen molar-refractivity contribution in [2.24, 2.45) is 0 Å². The van der Waals surface area contributed by atoms with Crippen LogP contribution in [0.1, 0.15) is 37.0 Å². The second-order valence-corrected chi connectivity index (χ2v) is 9.77. The molecule has 1 aliphatic rings. The van der Waals surface area contributed by atoms with Crippen molar-refractivity contribution in [3.8, 4) is 0 Å². The topological polar surface area (TPSA) is 57.7 Å². The van der Waals surface area contributed by atoms with Crippen molar-refractivity contribution in [3.63, 3.8) is 0 Å². The Morgan fingerprint density at radius 1 is 1.10 bits per heavy atom.